The molecule has 2 N–H and O–H groups in total. The van der Waals surface area contributed by atoms with Gasteiger partial charge in [0.05, 0.1) is 19.2 Å². The Bertz CT molecular complexity index is 383. The first kappa shape index (κ1) is 12.5. The molecule has 0 saturated carbocycles. The minimum absolute atomic E-state index is 0.0554. The van der Waals surface area contributed by atoms with Crippen LogP contribution in [-0.4, -0.2) is 18.1 Å². The number of aromatic nitrogens is 1. The summed E-state index contributed by atoms with van der Waals surface area (Å²) in [7, 11) is 1.25. The highest BCUT2D eigenvalue weighted by Crippen LogP contribution is 2.20. The monoisotopic (exact) mass is 230 g/mol. The molecule has 1 aromatic rings. The van der Waals surface area contributed by atoms with Crippen LogP contribution in [-0.2, 0) is 22.5 Å². The quantitative estimate of drug-likeness (QED) is 0.789. The van der Waals surface area contributed by atoms with E-state index in [-0.39, 0.29) is 18.5 Å². The zero-order valence-corrected chi connectivity index (χ0v) is 8.74. The van der Waals surface area contributed by atoms with E-state index in [2.05, 4.69) is 9.72 Å². The SMILES string of the molecule is COC(=O)Cc1ncc(C(F)F)cc1CN. The van der Waals surface area contributed by atoms with Gasteiger partial charge in [-0.1, -0.05) is 0 Å². The van der Waals surface area contributed by atoms with Gasteiger partial charge in [0, 0.05) is 18.3 Å². The number of nitrogens with two attached hydrogens (primary N) is 1. The summed E-state index contributed by atoms with van der Waals surface area (Å²) in [4.78, 5) is 14.8. The van der Waals surface area contributed by atoms with Crippen molar-refractivity contribution in [2.45, 2.75) is 19.4 Å². The van der Waals surface area contributed by atoms with Gasteiger partial charge in [-0.3, -0.25) is 9.78 Å². The summed E-state index contributed by atoms with van der Waals surface area (Å²) in [6.07, 6.45) is -1.61. The lowest BCUT2D eigenvalue weighted by Crippen LogP contribution is -2.11. The molecular weight excluding hydrogens is 218 g/mol. The van der Waals surface area contributed by atoms with Crippen LogP contribution in [0.3, 0.4) is 0 Å². The molecule has 1 aromatic heterocycles. The van der Waals surface area contributed by atoms with E-state index in [1.165, 1.54) is 13.2 Å². The third kappa shape index (κ3) is 2.96. The van der Waals surface area contributed by atoms with Gasteiger partial charge in [0.25, 0.3) is 6.43 Å². The summed E-state index contributed by atoms with van der Waals surface area (Å²) >= 11 is 0. The molecule has 0 aliphatic heterocycles. The maximum absolute atomic E-state index is 12.4. The van der Waals surface area contributed by atoms with Gasteiger partial charge in [-0.2, -0.15) is 0 Å². The molecule has 1 heterocycles. The van der Waals surface area contributed by atoms with E-state index in [9.17, 15) is 13.6 Å². The number of carbonyl (C=O) groups is 1. The predicted molar refractivity (Wildman–Crippen MR) is 52.8 cm³/mol. The Morgan fingerprint density at radius 2 is 2.31 bits per heavy atom. The van der Waals surface area contributed by atoms with Crippen molar-refractivity contribution in [3.05, 3.63) is 29.1 Å². The van der Waals surface area contributed by atoms with E-state index in [1.54, 1.807) is 0 Å². The van der Waals surface area contributed by atoms with E-state index in [0.717, 1.165) is 6.20 Å². The lowest BCUT2D eigenvalue weighted by molar-refractivity contribution is -0.139. The van der Waals surface area contributed by atoms with Gasteiger partial charge >= 0.3 is 5.97 Å². The number of rotatable bonds is 4. The number of pyridine rings is 1. The summed E-state index contributed by atoms with van der Waals surface area (Å²) in [6.45, 7) is 0.0554. The van der Waals surface area contributed by atoms with Crippen molar-refractivity contribution in [1.29, 1.82) is 0 Å². The molecule has 0 atom stereocenters. The first-order chi connectivity index (χ1) is 7.58. The molecule has 0 spiro atoms. The van der Waals surface area contributed by atoms with E-state index in [1.807, 2.05) is 0 Å². The molecule has 0 saturated heterocycles. The number of hydrogen-bond donors (Lipinski definition) is 1. The lowest BCUT2D eigenvalue weighted by Gasteiger charge is -2.08. The molecule has 88 valence electrons. The second kappa shape index (κ2) is 5.50. The summed E-state index contributed by atoms with van der Waals surface area (Å²) < 4.78 is 29.2. The molecule has 0 amide bonds. The van der Waals surface area contributed by atoms with Crippen molar-refractivity contribution in [1.82, 2.24) is 4.98 Å². The van der Waals surface area contributed by atoms with Crippen molar-refractivity contribution in [3.8, 4) is 0 Å². The topological polar surface area (TPSA) is 65.2 Å². The number of halogens is 2. The molecular formula is C10H12F2N2O2. The highest BCUT2D eigenvalue weighted by atomic mass is 19.3. The number of nitrogens with zero attached hydrogens (tertiary/aromatic N) is 1. The average molecular weight is 230 g/mol. The zero-order valence-electron chi connectivity index (χ0n) is 8.74. The minimum Gasteiger partial charge on any atom is -0.469 e. The molecule has 4 nitrogen and oxygen atoms in total. The van der Waals surface area contributed by atoms with Crippen molar-refractivity contribution < 1.29 is 18.3 Å². The Hall–Kier alpha value is -1.56. The average Bonchev–Trinajstić information content (AvgIpc) is 2.29. The number of hydrogen-bond acceptors (Lipinski definition) is 4. The third-order valence-electron chi connectivity index (χ3n) is 2.09. The number of esters is 1. The van der Waals surface area contributed by atoms with Crippen molar-refractivity contribution >= 4 is 5.97 Å². The Labute approximate surface area is 91.4 Å². The first-order valence-electron chi connectivity index (χ1n) is 4.61. The summed E-state index contributed by atoms with van der Waals surface area (Å²) in [5, 5.41) is 0. The Kier molecular flexibility index (Phi) is 4.30. The van der Waals surface area contributed by atoms with Gasteiger partial charge in [0.1, 0.15) is 0 Å². The van der Waals surface area contributed by atoms with Crippen LogP contribution in [0.5, 0.6) is 0 Å². The van der Waals surface area contributed by atoms with Gasteiger partial charge in [-0.25, -0.2) is 8.78 Å². The summed E-state index contributed by atoms with van der Waals surface area (Å²) in [6, 6.07) is 1.26. The second-order valence-electron chi connectivity index (χ2n) is 3.13. The fraction of sp³-hybridized carbons (Fsp3) is 0.400. The zero-order chi connectivity index (χ0) is 12.1. The predicted octanol–water partition coefficient (Wildman–Crippen LogP) is 1.19. The fourth-order valence-electron chi connectivity index (χ4n) is 1.22. The summed E-state index contributed by atoms with van der Waals surface area (Å²) in [5.41, 5.74) is 6.01. The standard InChI is InChI=1S/C10H12F2N2O2/c1-16-9(15)3-8-6(4-13)2-7(5-14-8)10(11)12/h2,5,10H,3-4,13H2,1H3. The fourth-order valence-corrected chi connectivity index (χ4v) is 1.22. The molecule has 0 aromatic carbocycles. The number of methoxy groups -OCH3 is 1. The van der Waals surface area contributed by atoms with E-state index >= 15 is 0 Å². The Morgan fingerprint density at radius 3 is 2.81 bits per heavy atom. The maximum Gasteiger partial charge on any atom is 0.311 e. The van der Waals surface area contributed by atoms with Crippen LogP contribution >= 0.6 is 0 Å². The van der Waals surface area contributed by atoms with E-state index < -0.39 is 12.4 Å². The lowest BCUT2D eigenvalue weighted by atomic mass is 10.1. The Morgan fingerprint density at radius 1 is 1.62 bits per heavy atom. The van der Waals surface area contributed by atoms with Crippen molar-refractivity contribution in [3.63, 3.8) is 0 Å². The van der Waals surface area contributed by atoms with Crippen molar-refractivity contribution in [2.75, 3.05) is 7.11 Å². The molecule has 0 fully saturated rings. The van der Waals surface area contributed by atoms with Gasteiger partial charge < -0.3 is 10.5 Å². The molecule has 6 heteroatoms. The number of ether oxygens (including phenoxy) is 1. The number of carbonyl (C=O) groups excluding carboxylic acids is 1. The van der Waals surface area contributed by atoms with Crippen LogP contribution < -0.4 is 5.73 Å². The largest absolute Gasteiger partial charge is 0.469 e. The van der Waals surface area contributed by atoms with Gasteiger partial charge in [0.2, 0.25) is 0 Å². The van der Waals surface area contributed by atoms with Crippen molar-refractivity contribution in [2.24, 2.45) is 5.73 Å². The normalized spacial score (nSPS) is 10.6. The van der Waals surface area contributed by atoms with Crippen LogP contribution in [0.15, 0.2) is 12.3 Å². The maximum atomic E-state index is 12.4. The van der Waals surface area contributed by atoms with Gasteiger partial charge in [0.15, 0.2) is 0 Å². The van der Waals surface area contributed by atoms with Gasteiger partial charge in [-0.05, 0) is 11.6 Å². The summed E-state index contributed by atoms with van der Waals surface area (Å²) in [5.74, 6) is -0.480. The molecule has 1 rings (SSSR count). The molecule has 16 heavy (non-hydrogen) atoms. The minimum atomic E-state index is -2.59. The van der Waals surface area contributed by atoms with E-state index in [4.69, 9.17) is 5.73 Å². The highest BCUT2D eigenvalue weighted by molar-refractivity contribution is 5.72. The van der Waals surface area contributed by atoms with E-state index in [0.29, 0.717) is 11.3 Å². The molecule has 0 unspecified atom stereocenters. The molecule has 0 aliphatic carbocycles. The molecule has 0 aliphatic rings. The van der Waals surface area contributed by atoms with Crippen LogP contribution in [0.25, 0.3) is 0 Å². The third-order valence-corrected chi connectivity index (χ3v) is 2.09. The van der Waals surface area contributed by atoms with Gasteiger partial charge in [-0.15, -0.1) is 0 Å². The first-order valence-corrected chi connectivity index (χ1v) is 4.61. The number of alkyl halides is 2. The second-order valence-corrected chi connectivity index (χ2v) is 3.13. The van der Waals surface area contributed by atoms with Crippen LogP contribution in [0.2, 0.25) is 0 Å². The van der Waals surface area contributed by atoms with Crippen LogP contribution in [0.4, 0.5) is 8.78 Å². The van der Waals surface area contributed by atoms with Crippen LogP contribution in [0, 0.1) is 0 Å². The smallest absolute Gasteiger partial charge is 0.311 e. The Balaban J connectivity index is 2.97. The highest BCUT2D eigenvalue weighted by Gasteiger charge is 2.13. The molecule has 0 bridgehead atoms. The van der Waals surface area contributed by atoms with Crippen LogP contribution in [0.1, 0.15) is 23.2 Å². The molecule has 0 radical (unpaired) electrons.